The number of aromatic nitrogens is 1. The van der Waals surface area contributed by atoms with Crippen molar-refractivity contribution in [1.29, 1.82) is 0 Å². The number of halogens is 1. The normalized spacial score (nSPS) is 10.7. The zero-order chi connectivity index (χ0) is 12.5. The largest absolute Gasteiger partial charge is 0.459 e. The van der Waals surface area contributed by atoms with Crippen LogP contribution < -0.4 is 5.32 Å². The first kappa shape index (κ1) is 11.3. The van der Waals surface area contributed by atoms with E-state index in [1.165, 1.54) is 17.6 Å². The monoisotopic (exact) mass is 278 g/mol. The van der Waals surface area contributed by atoms with Crippen molar-refractivity contribution in [2.45, 2.75) is 0 Å². The van der Waals surface area contributed by atoms with Gasteiger partial charge in [-0.1, -0.05) is 22.9 Å². The topological polar surface area (TPSA) is 55.1 Å². The molecule has 0 fully saturated rings. The van der Waals surface area contributed by atoms with E-state index in [-0.39, 0.29) is 11.7 Å². The Balaban J connectivity index is 1.89. The Hall–Kier alpha value is -1.85. The minimum Gasteiger partial charge on any atom is -0.459 e. The molecule has 3 rings (SSSR count). The van der Waals surface area contributed by atoms with E-state index in [4.69, 9.17) is 16.0 Å². The lowest BCUT2D eigenvalue weighted by atomic mass is 10.3. The SMILES string of the molecule is O=C(Nc1nc2cc(Cl)ccc2s1)c1ccco1. The third-order valence-electron chi connectivity index (χ3n) is 2.32. The molecule has 6 heteroatoms. The summed E-state index contributed by atoms with van der Waals surface area (Å²) in [6.07, 6.45) is 1.45. The van der Waals surface area contributed by atoms with E-state index >= 15 is 0 Å². The average molecular weight is 279 g/mol. The Morgan fingerprint density at radius 3 is 3.06 bits per heavy atom. The summed E-state index contributed by atoms with van der Waals surface area (Å²) in [4.78, 5) is 16.0. The molecule has 0 unspecified atom stereocenters. The molecule has 1 N–H and O–H groups in total. The van der Waals surface area contributed by atoms with Crippen LogP contribution in [-0.4, -0.2) is 10.9 Å². The van der Waals surface area contributed by atoms with E-state index in [0.717, 1.165) is 10.2 Å². The number of nitrogens with zero attached hydrogens (tertiary/aromatic N) is 1. The van der Waals surface area contributed by atoms with Gasteiger partial charge in [0.25, 0.3) is 5.91 Å². The Kier molecular flexibility index (Phi) is 2.77. The number of rotatable bonds is 2. The first-order chi connectivity index (χ1) is 8.72. The van der Waals surface area contributed by atoms with Gasteiger partial charge in [0, 0.05) is 5.02 Å². The van der Waals surface area contributed by atoms with E-state index in [0.29, 0.717) is 10.2 Å². The third-order valence-corrected chi connectivity index (χ3v) is 3.50. The molecule has 3 aromatic rings. The lowest BCUT2D eigenvalue weighted by Crippen LogP contribution is -2.10. The molecule has 0 aliphatic rings. The molecule has 0 aliphatic heterocycles. The van der Waals surface area contributed by atoms with Gasteiger partial charge in [-0.05, 0) is 30.3 Å². The van der Waals surface area contributed by atoms with E-state index in [1.54, 1.807) is 24.3 Å². The molecule has 0 bridgehead atoms. The van der Waals surface area contributed by atoms with Gasteiger partial charge in [-0.15, -0.1) is 0 Å². The first-order valence-corrected chi connectivity index (χ1v) is 6.33. The van der Waals surface area contributed by atoms with Gasteiger partial charge in [0.15, 0.2) is 10.9 Å². The molecular weight excluding hydrogens is 272 g/mol. The summed E-state index contributed by atoms with van der Waals surface area (Å²) in [5.41, 5.74) is 0.766. The summed E-state index contributed by atoms with van der Waals surface area (Å²) < 4.78 is 5.97. The number of benzene rings is 1. The van der Waals surface area contributed by atoms with Crippen LogP contribution >= 0.6 is 22.9 Å². The lowest BCUT2D eigenvalue weighted by molar-refractivity contribution is 0.0996. The highest BCUT2D eigenvalue weighted by Crippen LogP contribution is 2.28. The van der Waals surface area contributed by atoms with E-state index in [9.17, 15) is 4.79 Å². The van der Waals surface area contributed by atoms with Crippen molar-refractivity contribution in [3.63, 3.8) is 0 Å². The molecule has 2 aromatic heterocycles. The molecule has 1 amide bonds. The summed E-state index contributed by atoms with van der Waals surface area (Å²) in [5.74, 6) is -0.0579. The fourth-order valence-corrected chi connectivity index (χ4v) is 2.53. The molecule has 0 saturated carbocycles. The minimum absolute atomic E-state index is 0.257. The molecule has 2 heterocycles. The Bertz CT molecular complexity index is 706. The number of amides is 1. The zero-order valence-corrected chi connectivity index (χ0v) is 10.6. The second-order valence-electron chi connectivity index (χ2n) is 3.56. The summed E-state index contributed by atoms with van der Waals surface area (Å²) in [6, 6.07) is 8.68. The summed E-state index contributed by atoms with van der Waals surface area (Å²) in [5, 5.41) is 3.83. The maximum atomic E-state index is 11.8. The van der Waals surface area contributed by atoms with Crippen molar-refractivity contribution in [2.75, 3.05) is 5.32 Å². The van der Waals surface area contributed by atoms with Gasteiger partial charge >= 0.3 is 0 Å². The van der Waals surface area contributed by atoms with Crippen LogP contribution in [-0.2, 0) is 0 Å². The molecule has 1 aromatic carbocycles. The van der Waals surface area contributed by atoms with Crippen LogP contribution in [0.5, 0.6) is 0 Å². The van der Waals surface area contributed by atoms with Crippen molar-refractivity contribution in [1.82, 2.24) is 4.98 Å². The van der Waals surface area contributed by atoms with Gasteiger partial charge in [0.1, 0.15) is 0 Å². The molecule has 0 radical (unpaired) electrons. The van der Waals surface area contributed by atoms with Crippen LogP contribution in [0.25, 0.3) is 10.2 Å². The Labute approximate surface area is 111 Å². The summed E-state index contributed by atoms with van der Waals surface area (Å²) in [7, 11) is 0. The summed E-state index contributed by atoms with van der Waals surface area (Å²) in [6.45, 7) is 0. The van der Waals surface area contributed by atoms with E-state index in [2.05, 4.69) is 10.3 Å². The molecular formula is C12H7ClN2O2S. The predicted molar refractivity (Wildman–Crippen MR) is 71.3 cm³/mol. The Morgan fingerprint density at radius 1 is 1.39 bits per heavy atom. The first-order valence-electron chi connectivity index (χ1n) is 5.13. The van der Waals surface area contributed by atoms with Crippen molar-refractivity contribution < 1.29 is 9.21 Å². The van der Waals surface area contributed by atoms with Crippen molar-refractivity contribution >= 4 is 44.2 Å². The van der Waals surface area contributed by atoms with Crippen LogP contribution in [0.15, 0.2) is 41.0 Å². The average Bonchev–Trinajstić information content (AvgIpc) is 2.95. The van der Waals surface area contributed by atoms with Crippen molar-refractivity contribution in [3.8, 4) is 0 Å². The van der Waals surface area contributed by atoms with Crippen molar-refractivity contribution in [3.05, 3.63) is 47.4 Å². The van der Waals surface area contributed by atoms with Crippen molar-refractivity contribution in [2.24, 2.45) is 0 Å². The van der Waals surface area contributed by atoms with Crippen LogP contribution in [0.2, 0.25) is 5.02 Å². The minimum atomic E-state index is -0.315. The number of fused-ring (bicyclic) bond motifs is 1. The maximum Gasteiger partial charge on any atom is 0.293 e. The molecule has 0 spiro atoms. The van der Waals surface area contributed by atoms with Crippen LogP contribution in [0.1, 0.15) is 10.6 Å². The van der Waals surface area contributed by atoms with E-state index < -0.39 is 0 Å². The third kappa shape index (κ3) is 2.10. The highest BCUT2D eigenvalue weighted by molar-refractivity contribution is 7.22. The number of furan rings is 1. The molecule has 0 saturated heterocycles. The number of carbonyl (C=O) groups excluding carboxylic acids is 1. The second-order valence-corrected chi connectivity index (χ2v) is 5.03. The molecule has 18 heavy (non-hydrogen) atoms. The zero-order valence-electron chi connectivity index (χ0n) is 9.01. The van der Waals surface area contributed by atoms with Gasteiger partial charge in [0.2, 0.25) is 0 Å². The fourth-order valence-electron chi connectivity index (χ4n) is 1.52. The van der Waals surface area contributed by atoms with E-state index in [1.807, 2.05) is 6.07 Å². The van der Waals surface area contributed by atoms with Gasteiger partial charge < -0.3 is 4.42 Å². The number of carbonyl (C=O) groups is 1. The lowest BCUT2D eigenvalue weighted by Gasteiger charge is -1.96. The highest BCUT2D eigenvalue weighted by atomic mass is 35.5. The molecule has 0 atom stereocenters. The summed E-state index contributed by atoms with van der Waals surface area (Å²) >= 11 is 7.27. The van der Waals surface area contributed by atoms with Crippen LogP contribution in [0, 0.1) is 0 Å². The smallest absolute Gasteiger partial charge is 0.293 e. The fraction of sp³-hybridized carbons (Fsp3) is 0. The predicted octanol–water partition coefficient (Wildman–Crippen LogP) is 3.80. The van der Waals surface area contributed by atoms with Crippen LogP contribution in [0.4, 0.5) is 5.13 Å². The number of thiazole rings is 1. The maximum absolute atomic E-state index is 11.8. The quantitative estimate of drug-likeness (QED) is 0.776. The highest BCUT2D eigenvalue weighted by Gasteiger charge is 2.11. The van der Waals surface area contributed by atoms with Gasteiger partial charge in [-0.3, -0.25) is 10.1 Å². The van der Waals surface area contributed by atoms with Gasteiger partial charge in [0.05, 0.1) is 16.5 Å². The molecule has 4 nitrogen and oxygen atoms in total. The molecule has 0 aliphatic carbocycles. The van der Waals surface area contributed by atoms with Gasteiger partial charge in [-0.2, -0.15) is 0 Å². The Morgan fingerprint density at radius 2 is 2.28 bits per heavy atom. The number of anilines is 1. The number of hydrogen-bond acceptors (Lipinski definition) is 4. The number of hydrogen-bond donors (Lipinski definition) is 1. The van der Waals surface area contributed by atoms with Crippen LogP contribution in [0.3, 0.4) is 0 Å². The standard InChI is InChI=1S/C12H7ClN2O2S/c13-7-3-4-10-8(6-7)14-12(18-10)15-11(16)9-2-1-5-17-9/h1-6H,(H,14,15,16). The van der Waals surface area contributed by atoms with Gasteiger partial charge in [-0.25, -0.2) is 4.98 Å². The second kappa shape index (κ2) is 4.44. The molecule has 90 valence electrons. The number of nitrogens with one attached hydrogen (secondary N) is 1.